The van der Waals surface area contributed by atoms with E-state index in [2.05, 4.69) is 0 Å². The van der Waals surface area contributed by atoms with Crippen LogP contribution in [-0.2, 0) is 9.53 Å². The molecule has 5 heteroatoms. The number of benzene rings is 1. The van der Waals surface area contributed by atoms with E-state index < -0.39 is 5.97 Å². The van der Waals surface area contributed by atoms with Crippen LogP contribution in [0.1, 0.15) is 12.5 Å². The fourth-order valence-electron chi connectivity index (χ4n) is 1.07. The number of nitrogens with two attached hydrogens (primary N) is 1. The van der Waals surface area contributed by atoms with Gasteiger partial charge in [-0.25, -0.2) is 4.79 Å². The summed E-state index contributed by atoms with van der Waals surface area (Å²) in [4.78, 5) is 11.2. The van der Waals surface area contributed by atoms with E-state index in [9.17, 15) is 4.79 Å². The number of ether oxygens (including phenoxy) is 1. The topological polar surface area (TPSA) is 52.3 Å². The predicted molar refractivity (Wildman–Crippen MR) is 66.3 cm³/mol. The van der Waals surface area contributed by atoms with Gasteiger partial charge in [0.1, 0.15) is 5.03 Å². The van der Waals surface area contributed by atoms with Gasteiger partial charge in [-0.15, -0.1) is 0 Å². The molecule has 1 rings (SSSR count). The van der Waals surface area contributed by atoms with E-state index in [1.807, 2.05) is 0 Å². The van der Waals surface area contributed by atoms with E-state index >= 15 is 0 Å². The monoisotopic (exact) mass is 259 g/mol. The molecule has 0 heterocycles. The van der Waals surface area contributed by atoms with Crippen LogP contribution in [0.5, 0.6) is 0 Å². The maximum Gasteiger partial charge on any atom is 0.349 e. The van der Waals surface area contributed by atoms with Crippen molar-refractivity contribution in [2.24, 2.45) is 0 Å². The Morgan fingerprint density at radius 2 is 2.25 bits per heavy atom. The maximum absolute atomic E-state index is 11.2. The lowest BCUT2D eigenvalue weighted by atomic mass is 10.1. The second-order valence-corrected chi connectivity index (χ2v) is 3.83. The van der Waals surface area contributed by atoms with E-state index in [1.54, 1.807) is 25.1 Å². The average Bonchev–Trinajstić information content (AvgIpc) is 2.23. The molecule has 1 aromatic rings. The Labute approximate surface area is 104 Å². The van der Waals surface area contributed by atoms with E-state index in [1.165, 1.54) is 6.08 Å². The molecule has 0 radical (unpaired) electrons. The van der Waals surface area contributed by atoms with E-state index in [-0.39, 0.29) is 11.6 Å². The first kappa shape index (κ1) is 12.9. The van der Waals surface area contributed by atoms with Gasteiger partial charge < -0.3 is 10.5 Å². The Balaban J connectivity index is 2.97. The highest BCUT2D eigenvalue weighted by Gasteiger charge is 2.08. The lowest BCUT2D eigenvalue weighted by molar-refractivity contribution is -0.137. The number of hydrogen-bond donors (Lipinski definition) is 1. The summed E-state index contributed by atoms with van der Waals surface area (Å²) in [5.41, 5.74) is 6.78. The number of rotatable bonds is 3. The summed E-state index contributed by atoms with van der Waals surface area (Å²) in [6, 6.07) is 4.93. The van der Waals surface area contributed by atoms with Crippen LogP contribution >= 0.6 is 23.2 Å². The first-order valence-electron chi connectivity index (χ1n) is 4.64. The first-order chi connectivity index (χ1) is 7.54. The van der Waals surface area contributed by atoms with Gasteiger partial charge in [0, 0.05) is 16.3 Å². The van der Waals surface area contributed by atoms with Gasteiger partial charge in [0.05, 0.1) is 6.61 Å². The Morgan fingerprint density at radius 3 is 2.88 bits per heavy atom. The van der Waals surface area contributed by atoms with Gasteiger partial charge in [0.15, 0.2) is 0 Å². The standard InChI is InChI=1S/C11H11Cl2NO2/c1-2-16-11(15)9(13)6-7-5-8(12)3-4-10(7)14/h3-6H,2,14H2,1H3. The molecule has 2 N–H and O–H groups in total. The molecule has 0 fully saturated rings. The van der Waals surface area contributed by atoms with Gasteiger partial charge >= 0.3 is 5.97 Å². The van der Waals surface area contributed by atoms with E-state index in [0.717, 1.165) is 0 Å². The van der Waals surface area contributed by atoms with Crippen LogP contribution in [0.25, 0.3) is 6.08 Å². The molecule has 0 aliphatic rings. The average molecular weight is 260 g/mol. The molecule has 86 valence electrons. The van der Waals surface area contributed by atoms with Crippen LogP contribution in [0.3, 0.4) is 0 Å². The molecule has 3 nitrogen and oxygen atoms in total. The summed E-state index contributed by atoms with van der Waals surface area (Å²) in [7, 11) is 0. The smallest absolute Gasteiger partial charge is 0.349 e. The minimum atomic E-state index is -0.580. The van der Waals surface area contributed by atoms with Crippen molar-refractivity contribution in [3.05, 3.63) is 33.8 Å². The molecule has 0 aromatic heterocycles. The van der Waals surface area contributed by atoms with Crippen molar-refractivity contribution in [2.75, 3.05) is 12.3 Å². The highest BCUT2D eigenvalue weighted by atomic mass is 35.5. The summed E-state index contributed by atoms with van der Waals surface area (Å²) in [6.07, 6.45) is 1.43. The maximum atomic E-state index is 11.2. The molecule has 0 bridgehead atoms. The summed E-state index contributed by atoms with van der Waals surface area (Å²) in [6.45, 7) is 1.98. The van der Waals surface area contributed by atoms with Crippen LogP contribution < -0.4 is 5.73 Å². The fourth-order valence-corrected chi connectivity index (χ4v) is 1.42. The number of carbonyl (C=O) groups is 1. The van der Waals surface area contributed by atoms with E-state index in [4.69, 9.17) is 33.7 Å². The van der Waals surface area contributed by atoms with Crippen LogP contribution in [-0.4, -0.2) is 12.6 Å². The van der Waals surface area contributed by atoms with Crippen molar-refractivity contribution in [3.63, 3.8) is 0 Å². The zero-order valence-electron chi connectivity index (χ0n) is 8.67. The van der Waals surface area contributed by atoms with Gasteiger partial charge in [-0.3, -0.25) is 0 Å². The molecule has 0 aliphatic heterocycles. The molecule has 16 heavy (non-hydrogen) atoms. The number of nitrogen functional groups attached to an aromatic ring is 1. The summed E-state index contributed by atoms with van der Waals surface area (Å²) in [5.74, 6) is -0.580. The molecular formula is C11H11Cl2NO2. The minimum Gasteiger partial charge on any atom is -0.462 e. The molecule has 0 aliphatic carbocycles. The third-order valence-electron chi connectivity index (χ3n) is 1.80. The zero-order chi connectivity index (χ0) is 12.1. The van der Waals surface area contributed by atoms with Gasteiger partial charge in [-0.05, 0) is 31.2 Å². The van der Waals surface area contributed by atoms with Crippen molar-refractivity contribution in [1.29, 1.82) is 0 Å². The second-order valence-electron chi connectivity index (χ2n) is 2.99. The van der Waals surface area contributed by atoms with Crippen LogP contribution in [0, 0.1) is 0 Å². The normalized spacial score (nSPS) is 11.3. The number of esters is 1. The zero-order valence-corrected chi connectivity index (χ0v) is 10.2. The highest BCUT2D eigenvalue weighted by molar-refractivity contribution is 6.43. The highest BCUT2D eigenvalue weighted by Crippen LogP contribution is 2.22. The summed E-state index contributed by atoms with van der Waals surface area (Å²) < 4.78 is 4.73. The van der Waals surface area contributed by atoms with Gasteiger partial charge in [-0.1, -0.05) is 23.2 Å². The number of anilines is 1. The van der Waals surface area contributed by atoms with Crippen LogP contribution in [0.4, 0.5) is 5.69 Å². The molecule has 0 atom stereocenters. The summed E-state index contributed by atoms with van der Waals surface area (Å²) >= 11 is 11.6. The van der Waals surface area contributed by atoms with Crippen LogP contribution in [0.15, 0.2) is 23.2 Å². The van der Waals surface area contributed by atoms with Crippen molar-refractivity contribution < 1.29 is 9.53 Å². The first-order valence-corrected chi connectivity index (χ1v) is 5.39. The molecular weight excluding hydrogens is 249 g/mol. The van der Waals surface area contributed by atoms with Crippen molar-refractivity contribution >= 4 is 40.9 Å². The van der Waals surface area contributed by atoms with Crippen molar-refractivity contribution in [1.82, 2.24) is 0 Å². The summed E-state index contributed by atoms with van der Waals surface area (Å²) in [5, 5.41) is 0.490. The van der Waals surface area contributed by atoms with Gasteiger partial charge in [0.2, 0.25) is 0 Å². The molecule has 0 amide bonds. The van der Waals surface area contributed by atoms with Gasteiger partial charge in [0.25, 0.3) is 0 Å². The number of halogens is 2. The molecule has 0 saturated heterocycles. The van der Waals surface area contributed by atoms with E-state index in [0.29, 0.717) is 16.3 Å². The largest absolute Gasteiger partial charge is 0.462 e. The number of carbonyl (C=O) groups excluding carboxylic acids is 1. The molecule has 1 aromatic carbocycles. The van der Waals surface area contributed by atoms with Gasteiger partial charge in [-0.2, -0.15) is 0 Å². The Hall–Kier alpha value is -1.19. The number of hydrogen-bond acceptors (Lipinski definition) is 3. The Morgan fingerprint density at radius 1 is 1.56 bits per heavy atom. The lowest BCUT2D eigenvalue weighted by Crippen LogP contribution is -2.03. The second kappa shape index (κ2) is 5.77. The minimum absolute atomic E-state index is 0.0317. The van der Waals surface area contributed by atoms with Crippen molar-refractivity contribution in [3.8, 4) is 0 Å². The molecule has 0 spiro atoms. The fraction of sp³-hybridized carbons (Fsp3) is 0.182. The SMILES string of the molecule is CCOC(=O)C(Cl)=Cc1cc(Cl)ccc1N. The third kappa shape index (κ3) is 3.43. The van der Waals surface area contributed by atoms with Crippen LogP contribution in [0.2, 0.25) is 5.02 Å². The lowest BCUT2D eigenvalue weighted by Gasteiger charge is -2.03. The predicted octanol–water partition coefficient (Wildman–Crippen LogP) is 3.07. The molecule has 0 saturated carbocycles. The molecule has 0 unspecified atom stereocenters. The Bertz CT molecular complexity index is 430. The van der Waals surface area contributed by atoms with Crippen molar-refractivity contribution in [2.45, 2.75) is 6.92 Å². The quantitative estimate of drug-likeness (QED) is 0.516. The third-order valence-corrected chi connectivity index (χ3v) is 2.30. The Kier molecular flexibility index (Phi) is 4.65.